The average Bonchev–Trinajstić information content (AvgIpc) is 3.29. The molecule has 3 rings (SSSR count). The number of nitrogens with one attached hydrogen (secondary N) is 2. The van der Waals surface area contributed by atoms with E-state index in [1.807, 2.05) is 60.3 Å². The second-order valence-corrected chi connectivity index (χ2v) is 6.46. The SMILES string of the molecule is CCOc1ccccc1Oc1ccc(CNC(=NC)NCCCn2cccn2)cn1. The van der Waals surface area contributed by atoms with Gasteiger partial charge in [0.25, 0.3) is 0 Å². The Morgan fingerprint density at radius 3 is 2.67 bits per heavy atom. The van der Waals surface area contributed by atoms with E-state index < -0.39 is 0 Å². The zero-order valence-electron chi connectivity index (χ0n) is 17.4. The van der Waals surface area contributed by atoms with E-state index in [1.54, 1.807) is 19.4 Å². The van der Waals surface area contributed by atoms with E-state index in [4.69, 9.17) is 9.47 Å². The van der Waals surface area contributed by atoms with Gasteiger partial charge >= 0.3 is 0 Å². The van der Waals surface area contributed by atoms with E-state index in [2.05, 4.69) is 25.7 Å². The molecule has 3 aromatic rings. The van der Waals surface area contributed by atoms with Crippen LogP contribution in [-0.4, -0.2) is 40.9 Å². The number of pyridine rings is 1. The third-order valence-electron chi connectivity index (χ3n) is 4.26. The number of hydrogen-bond acceptors (Lipinski definition) is 5. The zero-order chi connectivity index (χ0) is 21.0. The molecule has 0 atom stereocenters. The Bertz CT molecular complexity index is 910. The highest BCUT2D eigenvalue weighted by Gasteiger charge is 2.06. The first-order valence-corrected chi connectivity index (χ1v) is 10.0. The number of rotatable bonds is 10. The van der Waals surface area contributed by atoms with Crippen molar-refractivity contribution < 1.29 is 9.47 Å². The summed E-state index contributed by atoms with van der Waals surface area (Å²) in [6, 6.07) is 13.3. The van der Waals surface area contributed by atoms with Crippen LogP contribution in [0.5, 0.6) is 17.4 Å². The van der Waals surface area contributed by atoms with Crippen molar-refractivity contribution in [2.75, 3.05) is 20.2 Å². The van der Waals surface area contributed by atoms with E-state index in [-0.39, 0.29) is 0 Å². The number of para-hydroxylation sites is 2. The minimum Gasteiger partial charge on any atom is -0.490 e. The zero-order valence-corrected chi connectivity index (χ0v) is 17.4. The predicted molar refractivity (Wildman–Crippen MR) is 117 cm³/mol. The number of aromatic nitrogens is 3. The highest BCUT2D eigenvalue weighted by Crippen LogP contribution is 2.30. The van der Waals surface area contributed by atoms with Crippen LogP contribution in [0.15, 0.2) is 66.0 Å². The lowest BCUT2D eigenvalue weighted by Gasteiger charge is -2.13. The molecule has 0 fully saturated rings. The predicted octanol–water partition coefficient (Wildman–Crippen LogP) is 3.22. The number of guanidine groups is 1. The molecule has 30 heavy (non-hydrogen) atoms. The Morgan fingerprint density at radius 1 is 1.10 bits per heavy atom. The number of aliphatic imine (C=N–C) groups is 1. The molecule has 0 aliphatic rings. The molecule has 0 aliphatic carbocycles. The lowest BCUT2D eigenvalue weighted by Crippen LogP contribution is -2.37. The van der Waals surface area contributed by atoms with Crippen molar-refractivity contribution in [2.45, 2.75) is 26.4 Å². The van der Waals surface area contributed by atoms with Crippen LogP contribution in [-0.2, 0) is 13.1 Å². The van der Waals surface area contributed by atoms with Gasteiger partial charge in [0.05, 0.1) is 6.61 Å². The van der Waals surface area contributed by atoms with E-state index in [0.717, 1.165) is 31.0 Å². The van der Waals surface area contributed by atoms with Crippen molar-refractivity contribution in [3.8, 4) is 17.4 Å². The Kier molecular flexibility index (Phi) is 8.08. The highest BCUT2D eigenvalue weighted by molar-refractivity contribution is 5.79. The van der Waals surface area contributed by atoms with Gasteiger partial charge in [-0.15, -0.1) is 0 Å². The normalized spacial score (nSPS) is 11.2. The van der Waals surface area contributed by atoms with E-state index in [1.165, 1.54) is 0 Å². The minimum atomic E-state index is 0.520. The quantitative estimate of drug-likeness (QED) is 0.304. The van der Waals surface area contributed by atoms with Crippen LogP contribution >= 0.6 is 0 Å². The summed E-state index contributed by atoms with van der Waals surface area (Å²) in [5, 5.41) is 10.8. The molecule has 2 aromatic heterocycles. The Hall–Kier alpha value is -3.55. The smallest absolute Gasteiger partial charge is 0.219 e. The summed E-state index contributed by atoms with van der Waals surface area (Å²) >= 11 is 0. The first-order valence-electron chi connectivity index (χ1n) is 10.0. The van der Waals surface area contributed by atoms with Crippen molar-refractivity contribution in [1.82, 2.24) is 25.4 Å². The molecule has 0 saturated heterocycles. The maximum atomic E-state index is 5.86. The van der Waals surface area contributed by atoms with E-state index in [9.17, 15) is 0 Å². The standard InChI is InChI=1S/C22H28N6O2/c1-3-29-19-8-4-5-9-20(19)30-21-11-10-18(16-25-21)17-26-22(23-2)24-12-6-14-28-15-7-13-27-28/h4-5,7-11,13,15-16H,3,6,12,14,17H2,1-2H3,(H2,23,24,26). The van der Waals surface area contributed by atoms with Gasteiger partial charge in [0.15, 0.2) is 17.5 Å². The van der Waals surface area contributed by atoms with Gasteiger partial charge < -0.3 is 20.1 Å². The van der Waals surface area contributed by atoms with Crippen LogP contribution in [0.2, 0.25) is 0 Å². The average molecular weight is 409 g/mol. The molecule has 0 bridgehead atoms. The molecule has 158 valence electrons. The van der Waals surface area contributed by atoms with Crippen molar-refractivity contribution >= 4 is 5.96 Å². The van der Waals surface area contributed by atoms with E-state index in [0.29, 0.717) is 30.5 Å². The first-order chi connectivity index (χ1) is 14.8. The highest BCUT2D eigenvalue weighted by atomic mass is 16.5. The van der Waals surface area contributed by atoms with Crippen molar-refractivity contribution in [2.24, 2.45) is 4.99 Å². The summed E-state index contributed by atoms with van der Waals surface area (Å²) in [6.45, 7) is 4.82. The van der Waals surface area contributed by atoms with Gasteiger partial charge in [0, 0.05) is 51.3 Å². The summed E-state index contributed by atoms with van der Waals surface area (Å²) in [7, 11) is 1.76. The lowest BCUT2D eigenvalue weighted by atomic mass is 10.3. The molecular formula is C22H28N6O2. The molecule has 8 heteroatoms. The molecule has 0 saturated carbocycles. The Morgan fingerprint density at radius 2 is 1.97 bits per heavy atom. The Balaban J connectivity index is 1.44. The van der Waals surface area contributed by atoms with Gasteiger partial charge in [0.2, 0.25) is 5.88 Å². The number of hydrogen-bond donors (Lipinski definition) is 2. The fourth-order valence-electron chi connectivity index (χ4n) is 2.78. The summed E-state index contributed by atoms with van der Waals surface area (Å²) < 4.78 is 13.4. The minimum absolute atomic E-state index is 0.520. The summed E-state index contributed by atoms with van der Waals surface area (Å²) in [5.74, 6) is 2.63. The van der Waals surface area contributed by atoms with Crippen LogP contribution < -0.4 is 20.1 Å². The second kappa shape index (κ2) is 11.5. The summed E-state index contributed by atoms with van der Waals surface area (Å²) in [4.78, 5) is 8.65. The number of ether oxygens (including phenoxy) is 2. The lowest BCUT2D eigenvalue weighted by molar-refractivity contribution is 0.319. The fraction of sp³-hybridized carbons (Fsp3) is 0.318. The molecule has 0 amide bonds. The maximum absolute atomic E-state index is 5.86. The van der Waals surface area contributed by atoms with Gasteiger partial charge in [-0.3, -0.25) is 9.67 Å². The van der Waals surface area contributed by atoms with Gasteiger partial charge in [0.1, 0.15) is 0 Å². The van der Waals surface area contributed by atoms with Gasteiger partial charge in [-0.05, 0) is 37.1 Å². The third-order valence-corrected chi connectivity index (χ3v) is 4.26. The maximum Gasteiger partial charge on any atom is 0.219 e. The van der Waals surface area contributed by atoms with Crippen LogP contribution in [0, 0.1) is 0 Å². The topological polar surface area (TPSA) is 85.6 Å². The van der Waals surface area contributed by atoms with Gasteiger partial charge in [-0.1, -0.05) is 18.2 Å². The monoisotopic (exact) mass is 408 g/mol. The van der Waals surface area contributed by atoms with Crippen LogP contribution in [0.4, 0.5) is 0 Å². The van der Waals surface area contributed by atoms with Crippen molar-refractivity contribution in [3.63, 3.8) is 0 Å². The second-order valence-electron chi connectivity index (χ2n) is 6.46. The number of nitrogens with zero attached hydrogens (tertiary/aromatic N) is 4. The molecule has 8 nitrogen and oxygen atoms in total. The molecule has 1 aromatic carbocycles. The molecule has 2 N–H and O–H groups in total. The summed E-state index contributed by atoms with van der Waals surface area (Å²) in [5.41, 5.74) is 1.03. The molecule has 0 radical (unpaired) electrons. The van der Waals surface area contributed by atoms with Crippen LogP contribution in [0.25, 0.3) is 0 Å². The van der Waals surface area contributed by atoms with Crippen LogP contribution in [0.3, 0.4) is 0 Å². The molecule has 0 aliphatic heterocycles. The molecule has 0 spiro atoms. The molecular weight excluding hydrogens is 380 g/mol. The largest absolute Gasteiger partial charge is 0.490 e. The van der Waals surface area contributed by atoms with Crippen molar-refractivity contribution in [3.05, 3.63) is 66.6 Å². The van der Waals surface area contributed by atoms with Crippen LogP contribution in [0.1, 0.15) is 18.9 Å². The number of benzene rings is 1. The van der Waals surface area contributed by atoms with Crippen molar-refractivity contribution in [1.29, 1.82) is 0 Å². The van der Waals surface area contributed by atoms with E-state index >= 15 is 0 Å². The fourth-order valence-corrected chi connectivity index (χ4v) is 2.78. The number of aryl methyl sites for hydroxylation is 1. The third kappa shape index (κ3) is 6.51. The Labute approximate surface area is 177 Å². The van der Waals surface area contributed by atoms with Gasteiger partial charge in [-0.25, -0.2) is 4.98 Å². The molecule has 2 heterocycles. The first kappa shape index (κ1) is 21.2. The van der Waals surface area contributed by atoms with Gasteiger partial charge in [-0.2, -0.15) is 5.10 Å². The summed E-state index contributed by atoms with van der Waals surface area (Å²) in [6.07, 6.45) is 6.49. The molecule has 0 unspecified atom stereocenters.